The van der Waals surface area contributed by atoms with E-state index < -0.39 is 5.41 Å². The van der Waals surface area contributed by atoms with Crippen molar-refractivity contribution in [2.75, 3.05) is 47.5 Å². The third-order valence-electron chi connectivity index (χ3n) is 18.6. The minimum atomic E-state index is -0.419. The highest BCUT2D eigenvalue weighted by atomic mass is 16.5. The van der Waals surface area contributed by atoms with Crippen LogP contribution in [0.2, 0.25) is 0 Å². The van der Waals surface area contributed by atoms with Crippen molar-refractivity contribution in [1.29, 1.82) is 0 Å². The molecule has 6 aliphatic rings. The molecule has 2 aromatic rings. The van der Waals surface area contributed by atoms with Gasteiger partial charge in [0.25, 0.3) is 0 Å². The van der Waals surface area contributed by atoms with Gasteiger partial charge in [-0.3, -0.25) is 4.79 Å². The van der Waals surface area contributed by atoms with E-state index in [9.17, 15) is 5.11 Å². The summed E-state index contributed by atoms with van der Waals surface area (Å²) in [4.78, 5) is 26.0. The second-order valence-electron chi connectivity index (χ2n) is 21.8. The van der Waals surface area contributed by atoms with Crippen molar-refractivity contribution < 1.29 is 19.4 Å². The van der Waals surface area contributed by atoms with Crippen molar-refractivity contribution in [2.45, 2.75) is 137 Å². The summed E-state index contributed by atoms with van der Waals surface area (Å²) < 4.78 is 14.3. The van der Waals surface area contributed by atoms with Crippen molar-refractivity contribution in [2.24, 2.45) is 56.7 Å². The lowest BCUT2D eigenvalue weighted by Crippen LogP contribution is -2.67. The van der Waals surface area contributed by atoms with Crippen molar-refractivity contribution >= 4 is 5.91 Å². The molecule has 1 saturated heterocycles. The van der Waals surface area contributed by atoms with Gasteiger partial charge in [0.15, 0.2) is 0 Å². The molecule has 1 aromatic heterocycles. The molecule has 6 fully saturated rings. The van der Waals surface area contributed by atoms with E-state index in [4.69, 9.17) is 14.5 Å². The molecule has 1 aromatic carbocycles. The molecule has 320 valence electrons. The summed E-state index contributed by atoms with van der Waals surface area (Å²) in [6.07, 6.45) is 13.6. The lowest BCUT2D eigenvalue weighted by molar-refractivity contribution is -0.247. The van der Waals surface area contributed by atoms with Crippen LogP contribution in [0.1, 0.15) is 124 Å². The molecule has 8 rings (SSSR count). The smallest absolute Gasteiger partial charge is 0.229 e. The van der Waals surface area contributed by atoms with Gasteiger partial charge in [-0.05, 0) is 136 Å². The molecule has 2 heterocycles. The van der Waals surface area contributed by atoms with Crippen LogP contribution in [0.5, 0.6) is 0 Å². The summed E-state index contributed by atoms with van der Waals surface area (Å²) in [5.41, 5.74) is 3.41. The number of fused-ring (bicyclic) bond motifs is 7. The molecule has 5 aliphatic carbocycles. The van der Waals surface area contributed by atoms with E-state index >= 15 is 4.79 Å². The number of imidazole rings is 1. The van der Waals surface area contributed by atoms with Gasteiger partial charge in [0.1, 0.15) is 5.82 Å². The Bertz CT molecular complexity index is 1820. The molecular weight excluding hydrogens is 721 g/mol. The van der Waals surface area contributed by atoms with Crippen LogP contribution in [-0.2, 0) is 20.8 Å². The Hall–Kier alpha value is -2.52. The Morgan fingerprint density at radius 1 is 0.931 bits per heavy atom. The normalized spacial score (nSPS) is 40.5. The lowest BCUT2D eigenvalue weighted by atomic mass is 9.32. The number of nitrogens with zero attached hydrogens (tertiary/aromatic N) is 4. The number of carbonyl (C=O) groups excluding carboxylic acids is 1. The predicted octanol–water partition coefficient (Wildman–Crippen LogP) is 9.44. The van der Waals surface area contributed by atoms with Gasteiger partial charge >= 0.3 is 0 Å². The number of ether oxygens (including phenoxy) is 2. The fourth-order valence-electron chi connectivity index (χ4n) is 15.4. The fourth-order valence-corrected chi connectivity index (χ4v) is 15.4. The van der Waals surface area contributed by atoms with Gasteiger partial charge in [-0.15, -0.1) is 0 Å². The number of amides is 1. The standard InChI is InChI=1S/C50H76N4O4/c1-33(2)36-18-23-50(25-24-48(6)37(43(36)50)16-17-41-47(5)21-20-42(55)46(3,4)40(47)19-22-49(41,48)7)45(56)54-31-35(58-29-28-57-10)30-39(54)44-51-38(34-14-12-11-13-15-34)32-53(44)27-26-52(8)9/h11-15,32,35-37,39-43,55H,1,16-31H2,2-10H3/t35-,36+,37-,39+,40+,41-,42+,43-,47+,48-,49-,50+/m1/s1. The quantitative estimate of drug-likeness (QED) is 0.180. The SMILES string of the molecule is C=C(C)[C@@H]1CC[C@]2(C(=O)N3C[C@H](OCCOC)C[C@H]3c3nc(-c4ccccc4)cn3CCN(C)C)CC[C@]3(C)[C@H](CC[C@@H]4[C@@]5(C)CC[C@H](O)C(C)(C)[C@@H]5CC[C@]43C)[C@@H]12. The first-order valence-corrected chi connectivity index (χ1v) is 23.0. The first-order chi connectivity index (χ1) is 27.5. The van der Waals surface area contributed by atoms with E-state index in [1.54, 1.807) is 7.11 Å². The van der Waals surface area contributed by atoms with E-state index in [2.05, 4.69) is 113 Å². The molecule has 5 saturated carbocycles. The number of methoxy groups -OCH3 is 1. The topological polar surface area (TPSA) is 80.1 Å². The second-order valence-corrected chi connectivity index (χ2v) is 21.8. The van der Waals surface area contributed by atoms with E-state index in [0.29, 0.717) is 49.3 Å². The number of allylic oxidation sites excluding steroid dienone is 1. The van der Waals surface area contributed by atoms with Gasteiger partial charge in [0.05, 0.1) is 42.6 Å². The summed E-state index contributed by atoms with van der Waals surface area (Å²) in [5.74, 6) is 3.61. The van der Waals surface area contributed by atoms with Crippen LogP contribution in [0, 0.1) is 56.7 Å². The summed E-state index contributed by atoms with van der Waals surface area (Å²) in [7, 11) is 5.96. The number of aliphatic hydroxyl groups is 1. The lowest BCUT2D eigenvalue weighted by Gasteiger charge is -2.73. The zero-order valence-corrected chi connectivity index (χ0v) is 37.6. The van der Waals surface area contributed by atoms with E-state index in [1.165, 1.54) is 31.3 Å². The third-order valence-corrected chi connectivity index (χ3v) is 18.6. The Morgan fingerprint density at radius 3 is 2.40 bits per heavy atom. The molecular formula is C50H76N4O4. The van der Waals surface area contributed by atoms with Crippen molar-refractivity contribution in [3.05, 3.63) is 54.5 Å². The van der Waals surface area contributed by atoms with Crippen LogP contribution in [0.3, 0.4) is 0 Å². The summed E-state index contributed by atoms with van der Waals surface area (Å²) in [6.45, 7) is 22.9. The number of aromatic nitrogens is 2. The zero-order valence-electron chi connectivity index (χ0n) is 37.6. The van der Waals surface area contributed by atoms with Gasteiger partial charge in [-0.2, -0.15) is 0 Å². The monoisotopic (exact) mass is 797 g/mol. The fraction of sp³-hybridized carbons (Fsp3) is 0.760. The van der Waals surface area contributed by atoms with Crippen LogP contribution >= 0.6 is 0 Å². The summed E-state index contributed by atoms with van der Waals surface area (Å²) >= 11 is 0. The van der Waals surface area contributed by atoms with Crippen LogP contribution in [-0.4, -0.2) is 90.1 Å². The van der Waals surface area contributed by atoms with E-state index in [1.807, 2.05) is 0 Å². The second kappa shape index (κ2) is 15.4. The highest BCUT2D eigenvalue weighted by molar-refractivity contribution is 5.85. The number of likely N-dealkylation sites (N-methyl/N-ethyl adjacent to an activating group) is 1. The molecule has 58 heavy (non-hydrogen) atoms. The molecule has 8 nitrogen and oxygen atoms in total. The van der Waals surface area contributed by atoms with Crippen LogP contribution in [0.15, 0.2) is 48.7 Å². The van der Waals surface area contributed by atoms with Crippen LogP contribution < -0.4 is 0 Å². The number of hydrogen-bond donors (Lipinski definition) is 1. The van der Waals surface area contributed by atoms with Crippen LogP contribution in [0.4, 0.5) is 0 Å². The number of hydrogen-bond acceptors (Lipinski definition) is 6. The van der Waals surface area contributed by atoms with Crippen molar-refractivity contribution in [3.8, 4) is 11.3 Å². The number of rotatable bonds is 11. The predicted molar refractivity (Wildman–Crippen MR) is 232 cm³/mol. The van der Waals surface area contributed by atoms with Gasteiger partial charge in [-0.25, -0.2) is 4.98 Å². The maximum absolute atomic E-state index is 16.1. The van der Waals surface area contributed by atoms with Gasteiger partial charge in [0, 0.05) is 44.9 Å². The molecule has 0 bridgehead atoms. The maximum atomic E-state index is 16.1. The highest BCUT2D eigenvalue weighted by Crippen LogP contribution is 2.77. The summed E-state index contributed by atoms with van der Waals surface area (Å²) in [6, 6.07) is 10.3. The maximum Gasteiger partial charge on any atom is 0.229 e. The van der Waals surface area contributed by atoms with Crippen molar-refractivity contribution in [3.63, 3.8) is 0 Å². The molecule has 0 spiro atoms. The molecule has 1 N–H and O–H groups in total. The molecule has 0 unspecified atom stereocenters. The zero-order chi connectivity index (χ0) is 41.4. The number of carbonyl (C=O) groups is 1. The number of aliphatic hydroxyl groups excluding tert-OH is 1. The molecule has 0 radical (unpaired) electrons. The minimum absolute atomic E-state index is 0.0584. The number of benzene rings is 1. The molecule has 1 aliphatic heterocycles. The first-order valence-electron chi connectivity index (χ1n) is 23.0. The number of likely N-dealkylation sites (tertiary alicyclic amines) is 1. The minimum Gasteiger partial charge on any atom is -0.393 e. The first kappa shape index (κ1) is 42.2. The Labute approximate surface area is 350 Å². The molecule has 8 heteroatoms. The molecule has 1 amide bonds. The van der Waals surface area contributed by atoms with Crippen molar-refractivity contribution in [1.82, 2.24) is 19.4 Å². The average molecular weight is 797 g/mol. The van der Waals surface area contributed by atoms with Crippen LogP contribution in [0.25, 0.3) is 11.3 Å². The van der Waals surface area contributed by atoms with E-state index in [-0.39, 0.29) is 45.8 Å². The molecule has 12 atom stereocenters. The van der Waals surface area contributed by atoms with Gasteiger partial charge in [-0.1, -0.05) is 77.1 Å². The summed E-state index contributed by atoms with van der Waals surface area (Å²) in [5, 5.41) is 11.3. The van der Waals surface area contributed by atoms with Gasteiger partial charge in [0.2, 0.25) is 5.91 Å². The largest absolute Gasteiger partial charge is 0.393 e. The third kappa shape index (κ3) is 6.50. The average Bonchev–Trinajstić information content (AvgIpc) is 3.92. The Balaban J connectivity index is 1.16. The van der Waals surface area contributed by atoms with E-state index in [0.717, 1.165) is 75.1 Å². The Morgan fingerprint density at radius 2 is 1.69 bits per heavy atom. The van der Waals surface area contributed by atoms with Gasteiger partial charge < -0.3 is 28.9 Å². The Kier molecular flexibility index (Phi) is 11.2. The highest BCUT2D eigenvalue weighted by Gasteiger charge is 2.72.